The van der Waals surface area contributed by atoms with Crippen LogP contribution in [0.1, 0.15) is 5.56 Å². The van der Waals surface area contributed by atoms with Crippen LogP contribution in [0.25, 0.3) is 0 Å². The lowest BCUT2D eigenvalue weighted by Crippen LogP contribution is -1.99. The largest absolute Gasteiger partial charge is 0.507 e. The predicted octanol–water partition coefficient (Wildman–Crippen LogP) is 2.27. The van der Waals surface area contributed by atoms with Crippen molar-refractivity contribution in [2.75, 3.05) is 5.43 Å². The first kappa shape index (κ1) is 18.1. The topological polar surface area (TPSA) is 194 Å². The molecule has 0 radical (unpaired) electrons. The average molecular weight is 363 g/mol. The molecule has 0 aromatic heterocycles. The highest BCUT2D eigenvalue weighted by Crippen LogP contribution is 2.32. The van der Waals surface area contributed by atoms with E-state index in [0.29, 0.717) is 0 Å². The molecule has 134 valence electrons. The lowest BCUT2D eigenvalue weighted by atomic mass is 10.2. The first-order valence-electron chi connectivity index (χ1n) is 6.63. The van der Waals surface area contributed by atoms with Crippen LogP contribution in [0.2, 0.25) is 0 Å². The summed E-state index contributed by atoms with van der Waals surface area (Å²) in [4.78, 5) is 29.9. The van der Waals surface area contributed by atoms with Crippen LogP contribution >= 0.6 is 0 Å². The van der Waals surface area contributed by atoms with Gasteiger partial charge in [0.2, 0.25) is 0 Å². The standard InChI is InChI=1S/C13H9N5O8/c19-12-5-13(20)11(18(25)26)3-7(12)6-14-15-9-2-1-8(16(21)22)4-10(9)17(23)24/h1-6,15,19-20H/b14-6-. The predicted molar refractivity (Wildman–Crippen MR) is 87.4 cm³/mol. The van der Waals surface area contributed by atoms with Crippen molar-refractivity contribution in [3.63, 3.8) is 0 Å². The third-order valence-electron chi connectivity index (χ3n) is 3.10. The summed E-state index contributed by atoms with van der Waals surface area (Å²) in [6, 6.07) is 4.41. The van der Waals surface area contributed by atoms with Crippen molar-refractivity contribution >= 4 is 29.0 Å². The van der Waals surface area contributed by atoms with E-state index in [1.54, 1.807) is 0 Å². The quantitative estimate of drug-likeness (QED) is 0.392. The van der Waals surface area contributed by atoms with Gasteiger partial charge in [-0.25, -0.2) is 0 Å². The minimum atomic E-state index is -0.874. The molecule has 0 heterocycles. The van der Waals surface area contributed by atoms with Crippen molar-refractivity contribution in [3.05, 3.63) is 66.2 Å². The Labute approximate surface area is 143 Å². The zero-order chi connectivity index (χ0) is 19.4. The molecule has 0 spiro atoms. The number of phenols is 2. The number of hydrazone groups is 1. The second kappa shape index (κ2) is 7.08. The van der Waals surface area contributed by atoms with Gasteiger partial charge in [-0.2, -0.15) is 5.10 Å². The molecule has 2 aromatic carbocycles. The van der Waals surface area contributed by atoms with Gasteiger partial charge >= 0.3 is 11.4 Å². The second-order valence-electron chi connectivity index (χ2n) is 4.74. The number of nitro benzene ring substituents is 3. The fourth-order valence-electron chi connectivity index (χ4n) is 1.88. The fourth-order valence-corrected chi connectivity index (χ4v) is 1.88. The number of nitrogens with one attached hydrogen (secondary N) is 1. The van der Waals surface area contributed by atoms with Gasteiger partial charge in [-0.05, 0) is 6.07 Å². The Hall–Kier alpha value is -4.29. The monoisotopic (exact) mass is 363 g/mol. The summed E-state index contributed by atoms with van der Waals surface area (Å²) in [5, 5.41) is 55.0. The molecule has 0 aliphatic carbocycles. The maximum Gasteiger partial charge on any atom is 0.311 e. The van der Waals surface area contributed by atoms with E-state index < -0.39 is 43.3 Å². The maximum absolute atomic E-state index is 11.0. The van der Waals surface area contributed by atoms with Gasteiger partial charge in [-0.15, -0.1) is 0 Å². The Bertz CT molecular complexity index is 942. The molecule has 0 amide bonds. The molecule has 0 saturated carbocycles. The Morgan fingerprint density at radius 2 is 1.54 bits per heavy atom. The summed E-state index contributed by atoms with van der Waals surface area (Å²) in [6.07, 6.45) is 0.924. The molecule has 13 heteroatoms. The summed E-state index contributed by atoms with van der Waals surface area (Å²) in [7, 11) is 0. The van der Waals surface area contributed by atoms with E-state index in [1.807, 2.05) is 0 Å². The summed E-state index contributed by atoms with van der Waals surface area (Å²) in [5.41, 5.74) is 0.162. The molecule has 3 N–H and O–H groups in total. The number of anilines is 1. The van der Waals surface area contributed by atoms with E-state index in [1.165, 1.54) is 0 Å². The van der Waals surface area contributed by atoms with E-state index in [9.17, 15) is 40.6 Å². The Morgan fingerprint density at radius 1 is 0.885 bits per heavy atom. The molecule has 0 atom stereocenters. The van der Waals surface area contributed by atoms with Gasteiger partial charge in [-0.3, -0.25) is 35.8 Å². The first-order chi connectivity index (χ1) is 12.2. The van der Waals surface area contributed by atoms with Crippen LogP contribution < -0.4 is 5.43 Å². The van der Waals surface area contributed by atoms with E-state index in [4.69, 9.17) is 0 Å². The van der Waals surface area contributed by atoms with Crippen LogP contribution in [-0.4, -0.2) is 31.2 Å². The van der Waals surface area contributed by atoms with E-state index >= 15 is 0 Å². The number of benzene rings is 2. The lowest BCUT2D eigenvalue weighted by Gasteiger charge is -2.03. The summed E-state index contributed by atoms with van der Waals surface area (Å²) in [5.74, 6) is -1.26. The molecule has 0 aliphatic heterocycles. The van der Waals surface area contributed by atoms with Crippen molar-refractivity contribution in [2.45, 2.75) is 0 Å². The van der Waals surface area contributed by atoms with Gasteiger partial charge in [0.15, 0.2) is 5.75 Å². The highest BCUT2D eigenvalue weighted by molar-refractivity contribution is 5.86. The molecule has 2 aromatic rings. The van der Waals surface area contributed by atoms with E-state index in [2.05, 4.69) is 10.5 Å². The van der Waals surface area contributed by atoms with E-state index in [0.717, 1.165) is 36.5 Å². The Morgan fingerprint density at radius 3 is 2.12 bits per heavy atom. The van der Waals surface area contributed by atoms with Gasteiger partial charge < -0.3 is 10.2 Å². The van der Waals surface area contributed by atoms with Crippen LogP contribution in [0.3, 0.4) is 0 Å². The van der Waals surface area contributed by atoms with Gasteiger partial charge in [0.1, 0.15) is 11.4 Å². The zero-order valence-corrected chi connectivity index (χ0v) is 12.6. The van der Waals surface area contributed by atoms with Crippen LogP contribution in [-0.2, 0) is 0 Å². The molecule has 0 fully saturated rings. The SMILES string of the molecule is O=[N+]([O-])c1ccc(N/N=C\c2cc([N+](=O)[O-])c(O)cc2O)c([N+](=O)[O-])c1. The van der Waals surface area contributed by atoms with Gasteiger partial charge in [0.05, 0.1) is 27.1 Å². The highest BCUT2D eigenvalue weighted by Gasteiger charge is 2.19. The minimum absolute atomic E-state index is 0.147. The fraction of sp³-hybridized carbons (Fsp3) is 0. The summed E-state index contributed by atoms with van der Waals surface area (Å²) < 4.78 is 0. The number of nitro groups is 3. The van der Waals surface area contributed by atoms with Crippen molar-refractivity contribution < 1.29 is 25.0 Å². The van der Waals surface area contributed by atoms with Crippen molar-refractivity contribution in [3.8, 4) is 11.5 Å². The normalized spacial score (nSPS) is 10.6. The minimum Gasteiger partial charge on any atom is -0.507 e. The third kappa shape index (κ3) is 3.78. The van der Waals surface area contributed by atoms with Gasteiger partial charge in [0, 0.05) is 23.8 Å². The first-order valence-corrected chi connectivity index (χ1v) is 6.63. The molecule has 13 nitrogen and oxygen atoms in total. The smallest absolute Gasteiger partial charge is 0.311 e. The second-order valence-corrected chi connectivity index (χ2v) is 4.74. The van der Waals surface area contributed by atoms with Crippen molar-refractivity contribution in [1.29, 1.82) is 0 Å². The third-order valence-corrected chi connectivity index (χ3v) is 3.10. The molecule has 0 unspecified atom stereocenters. The number of aromatic hydroxyl groups is 2. The molecular weight excluding hydrogens is 354 g/mol. The van der Waals surface area contributed by atoms with Gasteiger partial charge in [0.25, 0.3) is 5.69 Å². The van der Waals surface area contributed by atoms with Crippen LogP contribution in [0.15, 0.2) is 35.4 Å². The summed E-state index contributed by atoms with van der Waals surface area (Å²) in [6.45, 7) is 0. The molecular formula is C13H9N5O8. The average Bonchev–Trinajstić information content (AvgIpc) is 2.56. The Balaban J connectivity index is 2.31. The number of nitrogens with zero attached hydrogens (tertiary/aromatic N) is 4. The number of rotatable bonds is 6. The molecule has 2 rings (SSSR count). The molecule has 0 bridgehead atoms. The van der Waals surface area contributed by atoms with Crippen LogP contribution in [0.4, 0.5) is 22.7 Å². The van der Waals surface area contributed by atoms with E-state index in [-0.39, 0.29) is 11.3 Å². The van der Waals surface area contributed by atoms with Crippen LogP contribution in [0.5, 0.6) is 11.5 Å². The Kier molecular flexibility index (Phi) is 4.92. The zero-order valence-electron chi connectivity index (χ0n) is 12.6. The number of non-ortho nitro benzene ring substituents is 1. The number of phenolic OH excluding ortho intramolecular Hbond substituents is 2. The lowest BCUT2D eigenvalue weighted by molar-refractivity contribution is -0.393. The molecule has 26 heavy (non-hydrogen) atoms. The molecule has 0 saturated heterocycles. The molecule has 0 aliphatic rings. The highest BCUT2D eigenvalue weighted by atomic mass is 16.6. The number of hydrogen-bond acceptors (Lipinski definition) is 10. The van der Waals surface area contributed by atoms with Crippen molar-refractivity contribution in [2.24, 2.45) is 5.10 Å². The van der Waals surface area contributed by atoms with Crippen molar-refractivity contribution in [1.82, 2.24) is 0 Å². The van der Waals surface area contributed by atoms with Crippen LogP contribution in [0, 0.1) is 30.3 Å². The maximum atomic E-state index is 11.0. The van der Waals surface area contributed by atoms with Gasteiger partial charge in [-0.1, -0.05) is 0 Å². The number of hydrogen-bond donors (Lipinski definition) is 3. The summed E-state index contributed by atoms with van der Waals surface area (Å²) >= 11 is 0.